The van der Waals surface area contributed by atoms with Gasteiger partial charge in [-0.15, -0.1) is 0 Å². The zero-order valence-electron chi connectivity index (χ0n) is 19.8. The third-order valence-corrected chi connectivity index (χ3v) is 6.79. The van der Waals surface area contributed by atoms with Gasteiger partial charge in [0.1, 0.15) is 17.8 Å². The molecule has 1 saturated carbocycles. The van der Waals surface area contributed by atoms with E-state index in [1.807, 2.05) is 30.3 Å². The number of carbonyl (C=O) groups is 4. The summed E-state index contributed by atoms with van der Waals surface area (Å²) in [4.78, 5) is 57.8. The molecule has 8 nitrogen and oxygen atoms in total. The smallest absolute Gasteiger partial charge is 0.289 e. The number of benzene rings is 1. The summed E-state index contributed by atoms with van der Waals surface area (Å²) in [7, 11) is 0. The predicted octanol–water partition coefficient (Wildman–Crippen LogP) is 2.43. The van der Waals surface area contributed by atoms with Crippen LogP contribution in [0.1, 0.15) is 61.0 Å². The SMILES string of the molecule is O=C(NC1CCCCC1)C(=O)C1CCCN1C(=O)[C@H](Cc1ccccc1)NC(=O)c1ccccn1. The maximum absolute atomic E-state index is 13.7. The summed E-state index contributed by atoms with van der Waals surface area (Å²) in [6.07, 6.45) is 7.86. The standard InChI is InChI=1S/C27H32N4O4/c32-24(26(34)29-20-12-5-2-6-13-20)23-15-9-17-31(23)27(35)22(18-19-10-3-1-4-11-19)30-25(33)21-14-7-8-16-28-21/h1,3-4,7-8,10-11,14,16,20,22-23H,2,5-6,9,12-13,15,17-18H2,(H,29,34)(H,30,33)/t22-,23?/m0/s1. The van der Waals surface area contributed by atoms with E-state index in [1.54, 1.807) is 18.2 Å². The molecule has 1 aliphatic carbocycles. The molecule has 2 aliphatic rings. The van der Waals surface area contributed by atoms with Gasteiger partial charge in [0.2, 0.25) is 11.7 Å². The van der Waals surface area contributed by atoms with Gasteiger partial charge < -0.3 is 15.5 Å². The first-order valence-electron chi connectivity index (χ1n) is 12.4. The number of carbonyl (C=O) groups excluding carboxylic acids is 4. The van der Waals surface area contributed by atoms with E-state index in [2.05, 4.69) is 15.6 Å². The first kappa shape index (κ1) is 24.6. The Morgan fingerprint density at radius 1 is 0.914 bits per heavy atom. The molecule has 2 fully saturated rings. The minimum atomic E-state index is -0.887. The van der Waals surface area contributed by atoms with Crippen molar-refractivity contribution in [2.24, 2.45) is 0 Å². The molecular formula is C27H32N4O4. The molecule has 1 unspecified atom stereocenters. The van der Waals surface area contributed by atoms with Crippen LogP contribution in [0.5, 0.6) is 0 Å². The zero-order valence-corrected chi connectivity index (χ0v) is 19.8. The van der Waals surface area contributed by atoms with E-state index in [0.29, 0.717) is 19.4 Å². The van der Waals surface area contributed by atoms with Crippen molar-refractivity contribution in [3.8, 4) is 0 Å². The number of Topliss-reactive ketones (excluding diaryl/α,β-unsaturated/α-hetero) is 1. The summed E-state index contributed by atoms with van der Waals surface area (Å²) >= 11 is 0. The summed E-state index contributed by atoms with van der Waals surface area (Å²) < 4.78 is 0. The molecule has 2 N–H and O–H groups in total. The number of pyridine rings is 1. The molecule has 2 heterocycles. The molecule has 0 bridgehead atoms. The Hall–Kier alpha value is -3.55. The summed E-state index contributed by atoms with van der Waals surface area (Å²) in [6, 6.07) is 12.7. The predicted molar refractivity (Wildman–Crippen MR) is 130 cm³/mol. The van der Waals surface area contributed by atoms with E-state index in [-0.39, 0.29) is 24.1 Å². The maximum atomic E-state index is 13.7. The highest BCUT2D eigenvalue weighted by molar-refractivity contribution is 6.38. The van der Waals surface area contributed by atoms with E-state index >= 15 is 0 Å². The molecule has 3 amide bonds. The second kappa shape index (κ2) is 11.7. The van der Waals surface area contributed by atoms with Crippen LogP contribution in [0.25, 0.3) is 0 Å². The lowest BCUT2D eigenvalue weighted by Crippen LogP contribution is -2.55. The van der Waals surface area contributed by atoms with E-state index in [1.165, 1.54) is 11.1 Å². The second-order valence-corrected chi connectivity index (χ2v) is 9.29. The van der Waals surface area contributed by atoms with Crippen LogP contribution in [-0.2, 0) is 20.8 Å². The van der Waals surface area contributed by atoms with E-state index in [4.69, 9.17) is 0 Å². The molecule has 8 heteroatoms. The fourth-order valence-corrected chi connectivity index (χ4v) is 4.94. The van der Waals surface area contributed by atoms with Crippen molar-refractivity contribution >= 4 is 23.5 Å². The van der Waals surface area contributed by atoms with Gasteiger partial charge in [0.15, 0.2) is 0 Å². The molecule has 0 spiro atoms. The summed E-state index contributed by atoms with van der Waals surface area (Å²) in [5.74, 6) is -2.01. The molecule has 2 aromatic rings. The van der Waals surface area contributed by atoms with Crippen LogP contribution < -0.4 is 10.6 Å². The number of hydrogen-bond donors (Lipinski definition) is 2. The van der Waals surface area contributed by atoms with Crippen LogP contribution >= 0.6 is 0 Å². The van der Waals surface area contributed by atoms with Crippen molar-refractivity contribution in [3.05, 3.63) is 66.0 Å². The molecule has 1 aromatic heterocycles. The van der Waals surface area contributed by atoms with Crippen LogP contribution in [0.2, 0.25) is 0 Å². The van der Waals surface area contributed by atoms with Crippen molar-refractivity contribution < 1.29 is 19.2 Å². The van der Waals surface area contributed by atoms with E-state index < -0.39 is 29.7 Å². The Balaban J connectivity index is 1.48. The Morgan fingerprint density at radius 2 is 1.66 bits per heavy atom. The van der Waals surface area contributed by atoms with E-state index in [0.717, 1.165) is 37.7 Å². The van der Waals surface area contributed by atoms with Crippen LogP contribution in [0, 0.1) is 0 Å². The highest BCUT2D eigenvalue weighted by atomic mass is 16.2. The molecule has 4 rings (SSSR count). The van der Waals surface area contributed by atoms with Gasteiger partial charge in [0, 0.05) is 25.2 Å². The van der Waals surface area contributed by atoms with Crippen LogP contribution in [-0.4, -0.2) is 58.1 Å². The van der Waals surface area contributed by atoms with Gasteiger partial charge in [0.25, 0.3) is 11.8 Å². The van der Waals surface area contributed by atoms with Gasteiger partial charge in [-0.1, -0.05) is 55.7 Å². The number of rotatable bonds is 8. The summed E-state index contributed by atoms with van der Waals surface area (Å²) in [5, 5.41) is 5.68. The fraction of sp³-hybridized carbons (Fsp3) is 0.444. The molecule has 2 atom stereocenters. The number of nitrogens with one attached hydrogen (secondary N) is 2. The third kappa shape index (κ3) is 6.32. The van der Waals surface area contributed by atoms with Crippen LogP contribution in [0.4, 0.5) is 0 Å². The van der Waals surface area contributed by atoms with Gasteiger partial charge in [-0.25, -0.2) is 0 Å². The third-order valence-electron chi connectivity index (χ3n) is 6.79. The molecule has 184 valence electrons. The monoisotopic (exact) mass is 476 g/mol. The Morgan fingerprint density at radius 3 is 2.37 bits per heavy atom. The number of hydrogen-bond acceptors (Lipinski definition) is 5. The normalized spacial score (nSPS) is 19.1. The zero-order chi connectivity index (χ0) is 24.6. The van der Waals surface area contributed by atoms with Crippen molar-refractivity contribution in [2.45, 2.75) is 69.5 Å². The Labute approximate surface area is 205 Å². The van der Waals surface area contributed by atoms with Crippen molar-refractivity contribution in [1.82, 2.24) is 20.5 Å². The van der Waals surface area contributed by atoms with Crippen LogP contribution in [0.15, 0.2) is 54.7 Å². The number of nitrogens with zero attached hydrogens (tertiary/aromatic N) is 2. The molecule has 35 heavy (non-hydrogen) atoms. The van der Waals surface area contributed by atoms with Gasteiger partial charge in [-0.05, 0) is 43.4 Å². The topological polar surface area (TPSA) is 108 Å². The van der Waals surface area contributed by atoms with Gasteiger partial charge in [0.05, 0.1) is 0 Å². The fourth-order valence-electron chi connectivity index (χ4n) is 4.94. The summed E-state index contributed by atoms with van der Waals surface area (Å²) in [5.41, 5.74) is 1.09. The lowest BCUT2D eigenvalue weighted by Gasteiger charge is -2.29. The van der Waals surface area contributed by atoms with Gasteiger partial charge in [-0.3, -0.25) is 24.2 Å². The van der Waals surface area contributed by atoms with Gasteiger partial charge >= 0.3 is 0 Å². The molecule has 1 aromatic carbocycles. The average molecular weight is 477 g/mol. The Kier molecular flexibility index (Phi) is 8.23. The number of ketones is 1. The lowest BCUT2D eigenvalue weighted by molar-refractivity contribution is -0.145. The lowest BCUT2D eigenvalue weighted by atomic mass is 9.95. The molecular weight excluding hydrogens is 444 g/mol. The van der Waals surface area contributed by atoms with E-state index in [9.17, 15) is 19.2 Å². The Bertz CT molecular complexity index is 1040. The second-order valence-electron chi connectivity index (χ2n) is 9.29. The molecule has 0 radical (unpaired) electrons. The summed E-state index contributed by atoms with van der Waals surface area (Å²) in [6.45, 7) is 0.372. The first-order valence-corrected chi connectivity index (χ1v) is 12.4. The first-order chi connectivity index (χ1) is 17.0. The van der Waals surface area contributed by atoms with Crippen molar-refractivity contribution in [3.63, 3.8) is 0 Å². The molecule has 1 aliphatic heterocycles. The average Bonchev–Trinajstić information content (AvgIpc) is 3.39. The number of aromatic nitrogens is 1. The van der Waals surface area contributed by atoms with Gasteiger partial charge in [-0.2, -0.15) is 0 Å². The maximum Gasteiger partial charge on any atom is 0.289 e. The minimum absolute atomic E-state index is 0.0224. The van der Waals surface area contributed by atoms with Crippen molar-refractivity contribution in [2.75, 3.05) is 6.54 Å². The highest BCUT2D eigenvalue weighted by Gasteiger charge is 2.40. The number of amides is 3. The minimum Gasteiger partial charge on any atom is -0.347 e. The largest absolute Gasteiger partial charge is 0.347 e. The number of likely N-dealkylation sites (tertiary alicyclic amines) is 1. The van der Waals surface area contributed by atoms with Crippen LogP contribution in [0.3, 0.4) is 0 Å². The molecule has 1 saturated heterocycles. The quantitative estimate of drug-likeness (QED) is 0.569. The van der Waals surface area contributed by atoms with Crippen molar-refractivity contribution in [1.29, 1.82) is 0 Å². The highest BCUT2D eigenvalue weighted by Crippen LogP contribution is 2.22.